The second-order valence-electron chi connectivity index (χ2n) is 8.65. The van der Waals surface area contributed by atoms with Crippen LogP contribution in [0.5, 0.6) is 5.75 Å². The molecule has 3 aromatic rings. The number of hydrogen-bond donors (Lipinski definition) is 3. The number of carboxylic acids is 1. The topological polar surface area (TPSA) is 108 Å². The molecule has 1 aliphatic heterocycles. The van der Waals surface area contributed by atoms with E-state index in [9.17, 15) is 32.7 Å². The molecule has 0 unspecified atom stereocenters. The minimum Gasteiger partial charge on any atom is -0.480 e. The van der Waals surface area contributed by atoms with Gasteiger partial charge in [0.1, 0.15) is 11.8 Å². The standard InChI is InChI=1S/C27H24F3N3O5/c28-27(29,30)38-22-14-12-21(13-15-22)32-26(37)31-20-10-8-18(9-11-20)17-4-6-19(7-5-17)24(34)33-16-2-1-3-23(33)25(35)36/h4-15,23H,1-3,16H2,(H,35,36)(H2,31,32,37)/t23-/m0/s1. The van der Waals surface area contributed by atoms with Gasteiger partial charge in [0.15, 0.2) is 0 Å². The van der Waals surface area contributed by atoms with Crippen molar-refractivity contribution < 1.29 is 37.4 Å². The van der Waals surface area contributed by atoms with E-state index in [2.05, 4.69) is 15.4 Å². The number of carbonyl (C=O) groups is 3. The average molecular weight is 527 g/mol. The summed E-state index contributed by atoms with van der Waals surface area (Å²) < 4.78 is 40.6. The van der Waals surface area contributed by atoms with E-state index < -0.39 is 30.2 Å². The van der Waals surface area contributed by atoms with Crippen molar-refractivity contribution >= 4 is 29.3 Å². The quantitative estimate of drug-likeness (QED) is 0.366. The zero-order valence-electron chi connectivity index (χ0n) is 20.0. The number of benzene rings is 3. The first-order valence-electron chi connectivity index (χ1n) is 11.8. The van der Waals surface area contributed by atoms with Crippen LogP contribution in [-0.2, 0) is 4.79 Å². The first kappa shape index (κ1) is 26.5. The van der Waals surface area contributed by atoms with Gasteiger partial charge in [-0.15, -0.1) is 13.2 Å². The number of nitrogens with zero attached hydrogens (tertiary/aromatic N) is 1. The summed E-state index contributed by atoms with van der Waals surface area (Å²) >= 11 is 0. The number of aliphatic carboxylic acids is 1. The highest BCUT2D eigenvalue weighted by Gasteiger charge is 2.32. The number of likely N-dealkylation sites (tertiary alicyclic amines) is 1. The molecule has 4 rings (SSSR count). The van der Waals surface area contributed by atoms with E-state index in [1.165, 1.54) is 17.0 Å². The van der Waals surface area contributed by atoms with E-state index in [1.807, 2.05) is 0 Å². The molecule has 0 aliphatic carbocycles. The number of amides is 3. The molecule has 38 heavy (non-hydrogen) atoms. The van der Waals surface area contributed by atoms with Gasteiger partial charge < -0.3 is 25.4 Å². The van der Waals surface area contributed by atoms with Crippen LogP contribution in [0.2, 0.25) is 0 Å². The highest BCUT2D eigenvalue weighted by atomic mass is 19.4. The zero-order chi connectivity index (χ0) is 27.3. The third-order valence-corrected chi connectivity index (χ3v) is 6.00. The van der Waals surface area contributed by atoms with Crippen LogP contribution in [-0.4, -0.2) is 46.9 Å². The van der Waals surface area contributed by atoms with Gasteiger partial charge in [0.05, 0.1) is 0 Å². The lowest BCUT2D eigenvalue weighted by atomic mass is 9.99. The van der Waals surface area contributed by atoms with Gasteiger partial charge in [-0.2, -0.15) is 0 Å². The minimum absolute atomic E-state index is 0.280. The summed E-state index contributed by atoms with van der Waals surface area (Å²) in [4.78, 5) is 38.0. The molecule has 3 aromatic carbocycles. The van der Waals surface area contributed by atoms with E-state index >= 15 is 0 Å². The van der Waals surface area contributed by atoms with Gasteiger partial charge >= 0.3 is 18.4 Å². The molecule has 11 heteroatoms. The number of carbonyl (C=O) groups excluding carboxylic acids is 2. The van der Waals surface area contributed by atoms with Crippen molar-refractivity contribution in [3.05, 3.63) is 78.4 Å². The summed E-state index contributed by atoms with van der Waals surface area (Å²) in [6.45, 7) is 0.414. The van der Waals surface area contributed by atoms with Gasteiger partial charge in [-0.05, 0) is 78.9 Å². The van der Waals surface area contributed by atoms with Gasteiger partial charge in [-0.1, -0.05) is 24.3 Å². The average Bonchev–Trinajstić information content (AvgIpc) is 2.89. The van der Waals surface area contributed by atoms with Crippen molar-refractivity contribution in [3.63, 3.8) is 0 Å². The van der Waals surface area contributed by atoms with Crippen LogP contribution in [0, 0.1) is 0 Å². The van der Waals surface area contributed by atoms with E-state index in [0.29, 0.717) is 24.2 Å². The van der Waals surface area contributed by atoms with Crippen LogP contribution < -0.4 is 15.4 Å². The molecule has 0 radical (unpaired) electrons. The minimum atomic E-state index is -4.80. The molecule has 0 bridgehead atoms. The van der Waals surface area contributed by atoms with Crippen LogP contribution >= 0.6 is 0 Å². The number of nitrogens with one attached hydrogen (secondary N) is 2. The van der Waals surface area contributed by atoms with Crippen molar-refractivity contribution in [2.24, 2.45) is 0 Å². The molecule has 1 atom stereocenters. The van der Waals surface area contributed by atoms with Crippen molar-refractivity contribution in [2.75, 3.05) is 17.2 Å². The van der Waals surface area contributed by atoms with E-state index in [-0.39, 0.29) is 11.6 Å². The maximum absolute atomic E-state index is 12.9. The monoisotopic (exact) mass is 527 g/mol. The van der Waals surface area contributed by atoms with Crippen LogP contribution in [0.3, 0.4) is 0 Å². The van der Waals surface area contributed by atoms with E-state index in [4.69, 9.17) is 0 Å². The number of alkyl halides is 3. The smallest absolute Gasteiger partial charge is 0.480 e. The molecule has 0 saturated carbocycles. The second kappa shape index (κ2) is 11.2. The Kier molecular flexibility index (Phi) is 7.85. The predicted octanol–water partition coefficient (Wildman–Crippen LogP) is 5.98. The van der Waals surface area contributed by atoms with Gasteiger partial charge in [0.2, 0.25) is 0 Å². The molecular formula is C27H24F3N3O5. The van der Waals surface area contributed by atoms with Gasteiger partial charge in [-0.3, -0.25) is 4.79 Å². The molecule has 0 spiro atoms. The summed E-state index contributed by atoms with van der Waals surface area (Å²) in [6, 6.07) is 17.1. The number of halogens is 3. The fourth-order valence-electron chi connectivity index (χ4n) is 4.18. The number of piperidine rings is 1. The summed E-state index contributed by atoms with van der Waals surface area (Å²) in [5.41, 5.74) is 2.83. The Morgan fingerprint density at radius 1 is 0.816 bits per heavy atom. The van der Waals surface area contributed by atoms with Crippen LogP contribution in [0.4, 0.5) is 29.3 Å². The zero-order valence-corrected chi connectivity index (χ0v) is 20.0. The van der Waals surface area contributed by atoms with Crippen molar-refractivity contribution in [3.8, 4) is 16.9 Å². The first-order chi connectivity index (χ1) is 18.1. The van der Waals surface area contributed by atoms with E-state index in [0.717, 1.165) is 36.1 Å². The fourth-order valence-corrected chi connectivity index (χ4v) is 4.18. The lowest BCUT2D eigenvalue weighted by molar-refractivity contribution is -0.274. The van der Waals surface area contributed by atoms with Gasteiger partial charge in [0.25, 0.3) is 5.91 Å². The van der Waals surface area contributed by atoms with Crippen LogP contribution in [0.1, 0.15) is 29.6 Å². The summed E-state index contributed by atoms with van der Waals surface area (Å²) in [7, 11) is 0. The normalized spacial score (nSPS) is 15.4. The maximum Gasteiger partial charge on any atom is 0.573 e. The fraction of sp³-hybridized carbons (Fsp3) is 0.222. The van der Waals surface area contributed by atoms with Crippen molar-refractivity contribution in [1.29, 1.82) is 0 Å². The summed E-state index contributed by atoms with van der Waals surface area (Å²) in [6.07, 6.45) is -2.80. The number of hydrogen-bond acceptors (Lipinski definition) is 4. The lowest BCUT2D eigenvalue weighted by Gasteiger charge is -2.33. The molecule has 1 fully saturated rings. The Hall–Kier alpha value is -4.54. The number of rotatable bonds is 6. The predicted molar refractivity (Wildman–Crippen MR) is 134 cm³/mol. The second-order valence-corrected chi connectivity index (χ2v) is 8.65. The molecule has 1 heterocycles. The SMILES string of the molecule is O=C(Nc1ccc(OC(F)(F)F)cc1)Nc1ccc(-c2ccc(C(=O)N3CCCC[C@H]3C(=O)O)cc2)cc1. The van der Waals surface area contributed by atoms with E-state index in [1.54, 1.807) is 48.5 Å². The Labute approximate surface area is 216 Å². The summed E-state index contributed by atoms with van der Waals surface area (Å²) in [5, 5.41) is 14.6. The number of ether oxygens (including phenoxy) is 1. The van der Waals surface area contributed by atoms with Crippen LogP contribution in [0.25, 0.3) is 11.1 Å². The Balaban J connectivity index is 1.34. The molecule has 1 aliphatic rings. The molecule has 3 amide bonds. The lowest BCUT2D eigenvalue weighted by Crippen LogP contribution is -2.47. The first-order valence-corrected chi connectivity index (χ1v) is 11.8. The number of urea groups is 1. The molecule has 3 N–H and O–H groups in total. The third kappa shape index (κ3) is 6.81. The highest BCUT2D eigenvalue weighted by Crippen LogP contribution is 2.26. The Bertz CT molecular complexity index is 1290. The molecule has 8 nitrogen and oxygen atoms in total. The summed E-state index contributed by atoms with van der Waals surface area (Å²) in [5.74, 6) is -1.70. The van der Waals surface area contributed by atoms with Crippen LogP contribution in [0.15, 0.2) is 72.8 Å². The molecule has 1 saturated heterocycles. The largest absolute Gasteiger partial charge is 0.573 e. The Morgan fingerprint density at radius 3 is 1.87 bits per heavy atom. The van der Waals surface area contributed by atoms with Crippen molar-refractivity contribution in [1.82, 2.24) is 4.90 Å². The van der Waals surface area contributed by atoms with Gasteiger partial charge in [-0.25, -0.2) is 9.59 Å². The molecule has 198 valence electrons. The van der Waals surface area contributed by atoms with Crippen molar-refractivity contribution in [2.45, 2.75) is 31.7 Å². The maximum atomic E-state index is 12.9. The highest BCUT2D eigenvalue weighted by molar-refractivity contribution is 6.00. The molecular weight excluding hydrogens is 503 g/mol. The third-order valence-electron chi connectivity index (χ3n) is 6.00. The Morgan fingerprint density at radius 2 is 1.34 bits per heavy atom. The number of anilines is 2. The molecule has 0 aromatic heterocycles. The van der Waals surface area contributed by atoms with Gasteiger partial charge in [0, 0.05) is 23.5 Å². The number of carboxylic acid groups (broad SMARTS) is 1.